The van der Waals surface area contributed by atoms with Crippen molar-refractivity contribution in [2.24, 2.45) is 0 Å². The van der Waals surface area contributed by atoms with Gasteiger partial charge in [-0.05, 0) is 37.5 Å². The van der Waals surface area contributed by atoms with Crippen LogP contribution in [0.15, 0.2) is 36.9 Å². The molecule has 26 heavy (non-hydrogen) atoms. The molecule has 1 N–H and O–H groups in total. The number of ether oxygens (including phenoxy) is 2. The summed E-state index contributed by atoms with van der Waals surface area (Å²) in [6.45, 7) is 3.87. The average Bonchev–Trinajstić information content (AvgIpc) is 3.33. The van der Waals surface area contributed by atoms with Crippen molar-refractivity contribution >= 4 is 5.91 Å². The molecule has 6 nitrogen and oxygen atoms in total. The van der Waals surface area contributed by atoms with Crippen molar-refractivity contribution in [3.8, 4) is 11.5 Å². The Morgan fingerprint density at radius 2 is 2.04 bits per heavy atom. The van der Waals surface area contributed by atoms with Crippen LogP contribution >= 0.6 is 0 Å². The molecule has 4 rings (SSSR count). The lowest BCUT2D eigenvalue weighted by molar-refractivity contribution is -0.127. The van der Waals surface area contributed by atoms with Crippen LogP contribution in [0.3, 0.4) is 0 Å². The first-order valence-corrected chi connectivity index (χ1v) is 9.34. The topological polar surface area (TPSA) is 65.4 Å². The van der Waals surface area contributed by atoms with Crippen molar-refractivity contribution in [3.63, 3.8) is 0 Å². The summed E-state index contributed by atoms with van der Waals surface area (Å²) >= 11 is 0. The monoisotopic (exact) mass is 355 g/mol. The first kappa shape index (κ1) is 16.9. The number of hydrogen-bond acceptors (Lipinski definition) is 4. The minimum Gasteiger partial charge on any atom is -0.486 e. The minimum absolute atomic E-state index is 0.0337. The standard InChI is InChI=1S/C20H25N3O3/c1-15(13-23-9-8-21-14-23)22-19(24)20(6-2-3-7-20)16-4-5-17-18(12-16)26-11-10-25-17/h4-5,8-9,12,14-15H,2-3,6-7,10-11,13H2,1H3,(H,22,24)/t15-/m0/s1. The maximum Gasteiger partial charge on any atom is 0.230 e. The SMILES string of the molecule is C[C@@H](Cn1ccnc1)NC(=O)C1(c2ccc3c(c2)OCCO3)CCCC1. The molecular weight excluding hydrogens is 330 g/mol. The van der Waals surface area contributed by atoms with Gasteiger partial charge in [0.05, 0.1) is 11.7 Å². The van der Waals surface area contributed by atoms with Crippen molar-refractivity contribution in [1.82, 2.24) is 14.9 Å². The number of imidazole rings is 1. The largest absolute Gasteiger partial charge is 0.486 e. The molecule has 138 valence electrons. The van der Waals surface area contributed by atoms with E-state index < -0.39 is 5.41 Å². The van der Waals surface area contributed by atoms with Crippen molar-refractivity contribution < 1.29 is 14.3 Å². The quantitative estimate of drug-likeness (QED) is 0.896. The minimum atomic E-state index is -0.473. The normalized spacial score (nSPS) is 19.1. The first-order chi connectivity index (χ1) is 12.7. The molecule has 1 aliphatic carbocycles. The van der Waals surface area contributed by atoms with Gasteiger partial charge in [0.1, 0.15) is 13.2 Å². The zero-order valence-corrected chi connectivity index (χ0v) is 15.1. The highest BCUT2D eigenvalue weighted by Gasteiger charge is 2.43. The molecule has 0 radical (unpaired) electrons. The number of nitrogens with zero attached hydrogens (tertiary/aromatic N) is 2. The van der Waals surface area contributed by atoms with Gasteiger partial charge in [-0.3, -0.25) is 4.79 Å². The number of aromatic nitrogens is 2. The fraction of sp³-hybridized carbons (Fsp3) is 0.500. The molecule has 1 saturated carbocycles. The molecular formula is C20H25N3O3. The van der Waals surface area contributed by atoms with Crippen molar-refractivity contribution in [1.29, 1.82) is 0 Å². The number of carbonyl (C=O) groups is 1. The molecule has 1 aromatic carbocycles. The zero-order valence-electron chi connectivity index (χ0n) is 15.1. The van der Waals surface area contributed by atoms with Gasteiger partial charge in [0.2, 0.25) is 5.91 Å². The van der Waals surface area contributed by atoms with Gasteiger partial charge in [0.25, 0.3) is 0 Å². The summed E-state index contributed by atoms with van der Waals surface area (Å²) in [5, 5.41) is 3.22. The number of nitrogens with one attached hydrogen (secondary N) is 1. The molecule has 0 saturated heterocycles. The number of hydrogen-bond donors (Lipinski definition) is 1. The van der Waals surface area contributed by atoms with Crippen molar-refractivity contribution in [3.05, 3.63) is 42.5 Å². The third-order valence-corrected chi connectivity index (χ3v) is 5.41. The van der Waals surface area contributed by atoms with Crippen LogP contribution in [0.5, 0.6) is 11.5 Å². The molecule has 0 spiro atoms. The van der Waals surface area contributed by atoms with Gasteiger partial charge in [0, 0.05) is 25.0 Å². The second kappa shape index (κ2) is 7.02. The van der Waals surface area contributed by atoms with Gasteiger partial charge in [-0.1, -0.05) is 18.9 Å². The van der Waals surface area contributed by atoms with Crippen LogP contribution in [-0.4, -0.2) is 34.7 Å². The molecule has 1 atom stereocenters. The maximum absolute atomic E-state index is 13.3. The van der Waals surface area contributed by atoms with E-state index in [4.69, 9.17) is 9.47 Å². The molecule has 1 aliphatic heterocycles. The summed E-state index contributed by atoms with van der Waals surface area (Å²) in [5.74, 6) is 1.63. The zero-order chi connectivity index (χ0) is 18.0. The average molecular weight is 355 g/mol. The highest BCUT2D eigenvalue weighted by molar-refractivity contribution is 5.89. The van der Waals surface area contributed by atoms with Crippen molar-refractivity contribution in [2.45, 2.75) is 50.6 Å². The Labute approximate surface area is 153 Å². The third kappa shape index (κ3) is 3.16. The Kier molecular flexibility index (Phi) is 4.57. The van der Waals surface area contributed by atoms with Gasteiger partial charge in [-0.25, -0.2) is 4.98 Å². The smallest absolute Gasteiger partial charge is 0.230 e. The second-order valence-corrected chi connectivity index (χ2v) is 7.28. The van der Waals surface area contributed by atoms with Crippen molar-refractivity contribution in [2.75, 3.05) is 13.2 Å². The van der Waals surface area contributed by atoms with Crippen LogP contribution in [0.25, 0.3) is 0 Å². The van der Waals surface area contributed by atoms with E-state index >= 15 is 0 Å². The number of fused-ring (bicyclic) bond motifs is 1. The van der Waals surface area contributed by atoms with E-state index in [0.717, 1.165) is 42.7 Å². The van der Waals surface area contributed by atoms with Crippen LogP contribution in [0.1, 0.15) is 38.2 Å². The Morgan fingerprint density at radius 3 is 2.77 bits per heavy atom. The predicted octanol–water partition coefficient (Wildman–Crippen LogP) is 2.67. The number of rotatable bonds is 5. The summed E-state index contributed by atoms with van der Waals surface area (Å²) in [7, 11) is 0. The lowest BCUT2D eigenvalue weighted by Gasteiger charge is -2.31. The fourth-order valence-corrected chi connectivity index (χ4v) is 4.08. The van der Waals surface area contributed by atoms with E-state index in [1.54, 1.807) is 12.5 Å². The summed E-state index contributed by atoms with van der Waals surface area (Å²) < 4.78 is 13.3. The molecule has 1 fully saturated rings. The fourth-order valence-electron chi connectivity index (χ4n) is 4.08. The van der Waals surface area contributed by atoms with E-state index in [-0.39, 0.29) is 11.9 Å². The van der Waals surface area contributed by atoms with Crippen LogP contribution in [0.4, 0.5) is 0 Å². The Bertz CT molecular complexity index is 767. The Morgan fingerprint density at radius 1 is 1.27 bits per heavy atom. The predicted molar refractivity (Wildman–Crippen MR) is 97.4 cm³/mol. The molecule has 6 heteroatoms. The number of benzene rings is 1. The molecule has 2 heterocycles. The van der Waals surface area contributed by atoms with E-state index in [0.29, 0.717) is 19.8 Å². The van der Waals surface area contributed by atoms with Gasteiger partial charge >= 0.3 is 0 Å². The van der Waals surface area contributed by atoms with Gasteiger partial charge < -0.3 is 19.4 Å². The molecule has 2 aromatic rings. The van der Waals surface area contributed by atoms with E-state index in [1.807, 2.05) is 35.9 Å². The second-order valence-electron chi connectivity index (χ2n) is 7.28. The lowest BCUT2D eigenvalue weighted by Crippen LogP contribution is -2.47. The van der Waals surface area contributed by atoms with Gasteiger partial charge in [-0.15, -0.1) is 0 Å². The highest BCUT2D eigenvalue weighted by Crippen LogP contribution is 2.44. The summed E-state index contributed by atoms with van der Waals surface area (Å²) in [5.41, 5.74) is 0.561. The van der Waals surface area contributed by atoms with E-state index in [9.17, 15) is 4.79 Å². The number of amides is 1. The van der Waals surface area contributed by atoms with Crippen LogP contribution in [-0.2, 0) is 16.8 Å². The lowest BCUT2D eigenvalue weighted by atomic mass is 9.77. The van der Waals surface area contributed by atoms with Gasteiger partial charge in [-0.2, -0.15) is 0 Å². The molecule has 1 amide bonds. The van der Waals surface area contributed by atoms with Crippen LogP contribution in [0, 0.1) is 0 Å². The summed E-state index contributed by atoms with van der Waals surface area (Å²) in [6, 6.07) is 6.00. The van der Waals surface area contributed by atoms with Crippen LogP contribution in [0.2, 0.25) is 0 Å². The highest BCUT2D eigenvalue weighted by atomic mass is 16.6. The Hall–Kier alpha value is -2.50. The Balaban J connectivity index is 1.55. The summed E-state index contributed by atoms with van der Waals surface area (Å²) in [4.78, 5) is 17.3. The molecule has 0 unspecified atom stereocenters. The first-order valence-electron chi connectivity index (χ1n) is 9.34. The summed E-state index contributed by atoms with van der Waals surface area (Å²) in [6.07, 6.45) is 9.31. The van der Waals surface area contributed by atoms with Crippen LogP contribution < -0.4 is 14.8 Å². The molecule has 2 aliphatic rings. The van der Waals surface area contributed by atoms with Gasteiger partial charge in [0.15, 0.2) is 11.5 Å². The van der Waals surface area contributed by atoms with E-state index in [1.165, 1.54) is 0 Å². The van der Waals surface area contributed by atoms with E-state index in [2.05, 4.69) is 10.3 Å². The molecule has 1 aromatic heterocycles. The maximum atomic E-state index is 13.3. The molecule has 0 bridgehead atoms. The number of carbonyl (C=O) groups excluding carboxylic acids is 1. The third-order valence-electron chi connectivity index (χ3n) is 5.41.